The van der Waals surface area contributed by atoms with Crippen molar-refractivity contribution in [3.8, 4) is 0 Å². The fraction of sp³-hybridized carbons (Fsp3) is 0.647. The molecule has 1 aromatic carbocycles. The van der Waals surface area contributed by atoms with E-state index >= 15 is 0 Å². The molecule has 1 aliphatic carbocycles. The molecule has 0 heterocycles. The average Bonchev–Trinajstić information content (AvgIpc) is 2.40. The van der Waals surface area contributed by atoms with Crippen LogP contribution < -0.4 is 5.32 Å². The van der Waals surface area contributed by atoms with Gasteiger partial charge in [0.2, 0.25) is 0 Å². The molecular formula is C17H27NO2S. The molecule has 1 atom stereocenters. The van der Waals surface area contributed by atoms with Gasteiger partial charge in [-0.3, -0.25) is 0 Å². The zero-order chi connectivity index (χ0) is 15.7. The van der Waals surface area contributed by atoms with Crippen molar-refractivity contribution in [3.63, 3.8) is 0 Å². The van der Waals surface area contributed by atoms with E-state index in [0.29, 0.717) is 16.4 Å². The van der Waals surface area contributed by atoms with Crippen molar-refractivity contribution in [2.75, 3.05) is 6.26 Å². The minimum absolute atomic E-state index is 0.254. The van der Waals surface area contributed by atoms with Crippen molar-refractivity contribution in [3.05, 3.63) is 29.8 Å². The Hall–Kier alpha value is -0.870. The van der Waals surface area contributed by atoms with E-state index in [2.05, 4.69) is 26.1 Å². The smallest absolute Gasteiger partial charge is 0.175 e. The van der Waals surface area contributed by atoms with E-state index < -0.39 is 9.84 Å². The highest BCUT2D eigenvalue weighted by Crippen LogP contribution is 2.35. The second kappa shape index (κ2) is 6.09. The summed E-state index contributed by atoms with van der Waals surface area (Å²) in [5.41, 5.74) is 1.63. The van der Waals surface area contributed by atoms with Crippen LogP contribution in [0, 0.1) is 5.41 Å². The number of sulfone groups is 1. The highest BCUT2D eigenvalue weighted by atomic mass is 32.2. The van der Waals surface area contributed by atoms with E-state index in [1.807, 2.05) is 12.1 Å². The zero-order valence-corrected chi connectivity index (χ0v) is 14.3. The molecule has 2 rings (SSSR count). The Morgan fingerprint density at radius 2 is 1.67 bits per heavy atom. The van der Waals surface area contributed by atoms with Gasteiger partial charge in [0, 0.05) is 18.3 Å². The van der Waals surface area contributed by atoms with Gasteiger partial charge in [0.15, 0.2) is 9.84 Å². The Morgan fingerprint density at radius 3 is 2.14 bits per heavy atom. The first kappa shape index (κ1) is 16.5. The first-order valence-electron chi connectivity index (χ1n) is 7.73. The number of nitrogens with one attached hydrogen (secondary N) is 1. The fourth-order valence-electron chi connectivity index (χ4n) is 3.02. The molecule has 4 heteroatoms. The van der Waals surface area contributed by atoms with Gasteiger partial charge in [-0.15, -0.1) is 0 Å². The summed E-state index contributed by atoms with van der Waals surface area (Å²) >= 11 is 0. The SMILES string of the molecule is CC(NC1CCC(C)(C)CC1)c1ccc(S(C)(=O)=O)cc1. The fourth-order valence-corrected chi connectivity index (χ4v) is 3.65. The molecule has 1 fully saturated rings. The number of hydrogen-bond acceptors (Lipinski definition) is 3. The molecule has 1 aromatic rings. The Morgan fingerprint density at radius 1 is 1.14 bits per heavy atom. The lowest BCUT2D eigenvalue weighted by Crippen LogP contribution is -2.37. The summed E-state index contributed by atoms with van der Waals surface area (Å²) in [5, 5.41) is 3.68. The minimum atomic E-state index is -3.11. The minimum Gasteiger partial charge on any atom is -0.307 e. The Labute approximate surface area is 129 Å². The molecule has 3 nitrogen and oxygen atoms in total. The third-order valence-corrected chi connectivity index (χ3v) is 5.76. The predicted octanol–water partition coefficient (Wildman–Crippen LogP) is 3.71. The van der Waals surface area contributed by atoms with E-state index in [1.54, 1.807) is 12.1 Å². The van der Waals surface area contributed by atoms with E-state index in [4.69, 9.17) is 0 Å². The van der Waals surface area contributed by atoms with Crippen LogP contribution in [0.4, 0.5) is 0 Å². The normalized spacial score (nSPS) is 21.1. The molecule has 118 valence electrons. The van der Waals surface area contributed by atoms with E-state index in [9.17, 15) is 8.42 Å². The lowest BCUT2D eigenvalue weighted by Gasteiger charge is -2.36. The van der Waals surface area contributed by atoms with Gasteiger partial charge < -0.3 is 5.32 Å². The Bertz CT molecular complexity index is 565. The molecule has 1 unspecified atom stereocenters. The molecule has 0 spiro atoms. The van der Waals surface area contributed by atoms with Crippen LogP contribution in [0.25, 0.3) is 0 Å². The summed E-state index contributed by atoms with van der Waals surface area (Å²) < 4.78 is 23.0. The number of benzene rings is 1. The maximum absolute atomic E-state index is 11.5. The van der Waals surface area contributed by atoms with Crippen LogP contribution in [-0.4, -0.2) is 20.7 Å². The largest absolute Gasteiger partial charge is 0.307 e. The molecule has 0 aromatic heterocycles. The van der Waals surface area contributed by atoms with Crippen LogP contribution in [-0.2, 0) is 9.84 Å². The lowest BCUT2D eigenvalue weighted by atomic mass is 9.75. The van der Waals surface area contributed by atoms with Gasteiger partial charge in [-0.05, 0) is 55.7 Å². The van der Waals surface area contributed by atoms with Gasteiger partial charge in [-0.2, -0.15) is 0 Å². The highest BCUT2D eigenvalue weighted by molar-refractivity contribution is 7.90. The van der Waals surface area contributed by atoms with Crippen LogP contribution in [0.5, 0.6) is 0 Å². The third kappa shape index (κ3) is 4.55. The van der Waals surface area contributed by atoms with Gasteiger partial charge in [0.25, 0.3) is 0 Å². The van der Waals surface area contributed by atoms with Crippen LogP contribution in [0.3, 0.4) is 0 Å². The Balaban J connectivity index is 1.96. The quantitative estimate of drug-likeness (QED) is 0.922. The molecule has 1 aliphatic rings. The molecule has 21 heavy (non-hydrogen) atoms. The van der Waals surface area contributed by atoms with Crippen LogP contribution in [0.15, 0.2) is 29.2 Å². The molecule has 0 bridgehead atoms. The summed E-state index contributed by atoms with van der Waals surface area (Å²) in [7, 11) is -3.11. The van der Waals surface area contributed by atoms with Gasteiger partial charge in [-0.25, -0.2) is 8.42 Å². The van der Waals surface area contributed by atoms with E-state index in [1.165, 1.54) is 31.9 Å². The summed E-state index contributed by atoms with van der Waals surface area (Å²) in [6, 6.07) is 8.06. The molecule has 1 N–H and O–H groups in total. The molecular weight excluding hydrogens is 282 g/mol. The van der Waals surface area contributed by atoms with Crippen LogP contribution in [0.1, 0.15) is 58.1 Å². The van der Waals surface area contributed by atoms with Crippen molar-refractivity contribution < 1.29 is 8.42 Å². The maximum Gasteiger partial charge on any atom is 0.175 e. The standard InChI is InChI=1S/C17H27NO2S/c1-13(18-15-9-11-17(2,3)12-10-15)14-5-7-16(8-6-14)21(4,19)20/h5-8,13,15,18H,9-12H2,1-4H3. The van der Waals surface area contributed by atoms with Crippen LogP contribution in [0.2, 0.25) is 0 Å². The predicted molar refractivity (Wildman–Crippen MR) is 87.1 cm³/mol. The summed E-state index contributed by atoms with van der Waals surface area (Å²) in [6.45, 7) is 6.84. The average molecular weight is 309 g/mol. The molecule has 0 radical (unpaired) electrons. The Kier molecular flexibility index (Phi) is 4.79. The van der Waals surface area contributed by atoms with Crippen LogP contribution >= 0.6 is 0 Å². The highest BCUT2D eigenvalue weighted by Gasteiger charge is 2.27. The summed E-state index contributed by atoms with van der Waals surface area (Å²) in [5.74, 6) is 0. The van der Waals surface area contributed by atoms with Gasteiger partial charge in [0.1, 0.15) is 0 Å². The molecule has 1 saturated carbocycles. The zero-order valence-electron chi connectivity index (χ0n) is 13.5. The number of hydrogen-bond donors (Lipinski definition) is 1. The summed E-state index contributed by atoms with van der Waals surface area (Å²) in [6.07, 6.45) is 6.22. The number of rotatable bonds is 4. The van der Waals surface area contributed by atoms with E-state index in [0.717, 1.165) is 5.56 Å². The van der Waals surface area contributed by atoms with Crippen molar-refractivity contribution in [1.29, 1.82) is 0 Å². The second-order valence-electron chi connectivity index (χ2n) is 7.17. The molecule has 0 amide bonds. The molecule has 0 saturated heterocycles. The molecule has 0 aliphatic heterocycles. The summed E-state index contributed by atoms with van der Waals surface area (Å²) in [4.78, 5) is 0.387. The lowest BCUT2D eigenvalue weighted by molar-refractivity contribution is 0.200. The van der Waals surface area contributed by atoms with Crippen molar-refractivity contribution in [2.45, 2.75) is 63.4 Å². The third-order valence-electron chi connectivity index (χ3n) is 4.63. The first-order chi connectivity index (χ1) is 9.67. The second-order valence-corrected chi connectivity index (χ2v) is 9.18. The van der Waals surface area contributed by atoms with Crippen molar-refractivity contribution >= 4 is 9.84 Å². The topological polar surface area (TPSA) is 46.2 Å². The van der Waals surface area contributed by atoms with E-state index in [-0.39, 0.29) is 6.04 Å². The first-order valence-corrected chi connectivity index (χ1v) is 9.63. The van der Waals surface area contributed by atoms with Crippen molar-refractivity contribution in [2.24, 2.45) is 5.41 Å². The van der Waals surface area contributed by atoms with Gasteiger partial charge >= 0.3 is 0 Å². The maximum atomic E-state index is 11.5. The van der Waals surface area contributed by atoms with Gasteiger partial charge in [0.05, 0.1) is 4.90 Å². The van der Waals surface area contributed by atoms with Gasteiger partial charge in [-0.1, -0.05) is 26.0 Å². The monoisotopic (exact) mass is 309 g/mol. The van der Waals surface area contributed by atoms with Crippen molar-refractivity contribution in [1.82, 2.24) is 5.32 Å².